The van der Waals surface area contributed by atoms with Crippen LogP contribution in [0.3, 0.4) is 0 Å². The van der Waals surface area contributed by atoms with E-state index in [-0.39, 0.29) is 12.4 Å². The number of carbonyl (C=O) groups excluding carboxylic acids is 1. The molecule has 1 heterocycles. The zero-order chi connectivity index (χ0) is 13.0. The van der Waals surface area contributed by atoms with E-state index in [9.17, 15) is 4.79 Å². The Labute approximate surface area is 112 Å². The van der Waals surface area contributed by atoms with Gasteiger partial charge in [-0.15, -0.1) is 0 Å². The lowest BCUT2D eigenvalue weighted by molar-refractivity contribution is 0.0946. The Balaban J connectivity index is 1.98. The molecule has 3 N–H and O–H groups in total. The van der Waals surface area contributed by atoms with Crippen molar-refractivity contribution < 1.29 is 9.53 Å². The first-order valence-electron chi connectivity index (χ1n) is 5.12. The number of benzene rings is 1. The predicted molar refractivity (Wildman–Crippen MR) is 68.7 cm³/mol. The number of nitrogens with two attached hydrogens (primary N) is 1. The molecule has 0 aliphatic rings. The van der Waals surface area contributed by atoms with E-state index < -0.39 is 5.91 Å². The molecule has 0 saturated heterocycles. The third kappa shape index (κ3) is 3.08. The van der Waals surface area contributed by atoms with Crippen molar-refractivity contribution in [2.24, 2.45) is 5.84 Å². The molecule has 6 nitrogen and oxygen atoms in total. The van der Waals surface area contributed by atoms with E-state index in [1.807, 2.05) is 29.7 Å². The van der Waals surface area contributed by atoms with E-state index >= 15 is 0 Å². The zero-order valence-corrected chi connectivity index (χ0v) is 10.9. The Morgan fingerprint density at radius 3 is 3.06 bits per heavy atom. The lowest BCUT2D eigenvalue weighted by atomic mass is 10.3. The molecule has 1 aromatic carbocycles. The molecule has 1 aromatic heterocycles. The third-order valence-corrected chi connectivity index (χ3v) is 2.66. The summed E-state index contributed by atoms with van der Waals surface area (Å²) in [6.45, 7) is 0.217. The second-order valence-corrected chi connectivity index (χ2v) is 4.36. The smallest absolute Gasteiger partial charge is 0.285 e. The largest absolute Gasteiger partial charge is 0.471 e. The lowest BCUT2D eigenvalue weighted by Gasteiger charge is -2.06. The van der Waals surface area contributed by atoms with Crippen LogP contribution >= 0.6 is 15.9 Å². The first kappa shape index (κ1) is 12.6. The number of hydrazine groups is 1. The van der Waals surface area contributed by atoms with Crippen LogP contribution in [-0.4, -0.2) is 15.7 Å². The maximum atomic E-state index is 11.2. The highest BCUT2D eigenvalue weighted by atomic mass is 79.9. The van der Waals surface area contributed by atoms with E-state index in [0.717, 1.165) is 4.47 Å². The van der Waals surface area contributed by atoms with E-state index in [2.05, 4.69) is 21.0 Å². The van der Waals surface area contributed by atoms with Crippen molar-refractivity contribution in [3.05, 3.63) is 46.7 Å². The van der Waals surface area contributed by atoms with Gasteiger partial charge in [-0.2, -0.15) is 5.10 Å². The molecule has 0 spiro atoms. The van der Waals surface area contributed by atoms with Gasteiger partial charge in [-0.05, 0) is 24.3 Å². The monoisotopic (exact) mass is 310 g/mol. The van der Waals surface area contributed by atoms with E-state index in [4.69, 9.17) is 10.6 Å². The quantitative estimate of drug-likeness (QED) is 0.506. The number of nitrogen functional groups attached to an aromatic ring is 1. The van der Waals surface area contributed by atoms with Gasteiger partial charge in [0.05, 0.1) is 0 Å². The zero-order valence-electron chi connectivity index (χ0n) is 9.34. The summed E-state index contributed by atoms with van der Waals surface area (Å²) in [5.74, 6) is 5.29. The van der Waals surface area contributed by atoms with E-state index in [1.54, 1.807) is 12.3 Å². The lowest BCUT2D eigenvalue weighted by Crippen LogP contribution is -2.30. The molecule has 0 aliphatic carbocycles. The minimum absolute atomic E-state index is 0.217. The van der Waals surface area contributed by atoms with Gasteiger partial charge in [0.15, 0.2) is 12.4 Å². The Morgan fingerprint density at radius 2 is 2.33 bits per heavy atom. The highest BCUT2D eigenvalue weighted by Crippen LogP contribution is 2.17. The van der Waals surface area contributed by atoms with Crippen molar-refractivity contribution in [3.8, 4) is 5.75 Å². The Morgan fingerprint density at radius 1 is 1.50 bits per heavy atom. The van der Waals surface area contributed by atoms with Crippen LogP contribution in [0.4, 0.5) is 0 Å². The molecular formula is C11H11BrN4O2. The molecule has 0 radical (unpaired) electrons. The van der Waals surface area contributed by atoms with Crippen molar-refractivity contribution in [1.82, 2.24) is 15.2 Å². The molecule has 0 bridgehead atoms. The van der Waals surface area contributed by atoms with Crippen LogP contribution in [-0.2, 0) is 6.73 Å². The minimum atomic E-state index is -0.434. The number of nitrogens with zero attached hydrogens (tertiary/aromatic N) is 2. The fourth-order valence-corrected chi connectivity index (χ4v) is 1.70. The topological polar surface area (TPSA) is 82.2 Å². The van der Waals surface area contributed by atoms with Crippen LogP contribution in [0.1, 0.15) is 10.5 Å². The molecule has 0 saturated carbocycles. The molecule has 0 atom stereocenters. The second kappa shape index (κ2) is 5.65. The standard InChI is InChI=1S/C11H11BrN4O2/c12-8-2-1-3-9(6-8)18-7-16-5-4-10(15-16)11(17)14-13/h1-6H,7,13H2,(H,14,17). The molecule has 1 amide bonds. The molecule has 2 aromatic rings. The maximum absolute atomic E-state index is 11.2. The number of hydrogen-bond donors (Lipinski definition) is 2. The molecule has 0 aliphatic heterocycles. The van der Waals surface area contributed by atoms with E-state index in [0.29, 0.717) is 5.75 Å². The molecule has 0 unspecified atom stereocenters. The number of aromatic nitrogens is 2. The fraction of sp³-hybridized carbons (Fsp3) is 0.0909. The Kier molecular flexibility index (Phi) is 3.96. The molecule has 18 heavy (non-hydrogen) atoms. The van der Waals surface area contributed by atoms with Crippen LogP contribution in [0.5, 0.6) is 5.75 Å². The molecule has 7 heteroatoms. The van der Waals surface area contributed by atoms with Crippen LogP contribution < -0.4 is 16.0 Å². The van der Waals surface area contributed by atoms with Crippen molar-refractivity contribution in [1.29, 1.82) is 0 Å². The number of halogens is 1. The van der Waals surface area contributed by atoms with Gasteiger partial charge >= 0.3 is 0 Å². The van der Waals surface area contributed by atoms with Crippen LogP contribution in [0.2, 0.25) is 0 Å². The summed E-state index contributed by atoms with van der Waals surface area (Å²) in [7, 11) is 0. The van der Waals surface area contributed by atoms with Gasteiger partial charge in [0.2, 0.25) is 0 Å². The highest BCUT2D eigenvalue weighted by molar-refractivity contribution is 9.10. The van der Waals surface area contributed by atoms with Crippen LogP contribution in [0.15, 0.2) is 41.0 Å². The van der Waals surface area contributed by atoms with Crippen LogP contribution in [0, 0.1) is 0 Å². The van der Waals surface area contributed by atoms with Crippen molar-refractivity contribution >= 4 is 21.8 Å². The highest BCUT2D eigenvalue weighted by Gasteiger charge is 2.07. The maximum Gasteiger partial charge on any atom is 0.285 e. The summed E-state index contributed by atoms with van der Waals surface area (Å²) in [6, 6.07) is 9.02. The molecule has 94 valence electrons. The summed E-state index contributed by atoms with van der Waals surface area (Å²) < 4.78 is 7.95. The van der Waals surface area contributed by atoms with Gasteiger partial charge in [-0.25, -0.2) is 10.5 Å². The number of carbonyl (C=O) groups is 1. The molecule has 0 fully saturated rings. The van der Waals surface area contributed by atoms with Gasteiger partial charge in [-0.3, -0.25) is 10.2 Å². The Hall–Kier alpha value is -1.86. The fourth-order valence-electron chi connectivity index (χ4n) is 1.33. The number of rotatable bonds is 4. The van der Waals surface area contributed by atoms with Crippen LogP contribution in [0.25, 0.3) is 0 Å². The first-order chi connectivity index (χ1) is 8.69. The summed E-state index contributed by atoms with van der Waals surface area (Å²) >= 11 is 3.35. The van der Waals surface area contributed by atoms with Gasteiger partial charge in [0, 0.05) is 10.7 Å². The summed E-state index contributed by atoms with van der Waals surface area (Å²) in [4.78, 5) is 11.2. The second-order valence-electron chi connectivity index (χ2n) is 3.44. The SMILES string of the molecule is NNC(=O)c1ccn(COc2cccc(Br)c2)n1. The summed E-state index contributed by atoms with van der Waals surface area (Å²) in [5, 5.41) is 4.01. The normalized spacial score (nSPS) is 10.1. The van der Waals surface area contributed by atoms with Gasteiger partial charge < -0.3 is 4.74 Å². The average Bonchev–Trinajstić information content (AvgIpc) is 2.84. The van der Waals surface area contributed by atoms with Gasteiger partial charge in [0.25, 0.3) is 5.91 Å². The summed E-state index contributed by atoms with van der Waals surface area (Å²) in [5.41, 5.74) is 2.26. The summed E-state index contributed by atoms with van der Waals surface area (Å²) in [6.07, 6.45) is 1.64. The average molecular weight is 311 g/mol. The number of hydrogen-bond acceptors (Lipinski definition) is 4. The number of nitrogens with one attached hydrogen (secondary N) is 1. The van der Waals surface area contributed by atoms with Crippen molar-refractivity contribution in [2.45, 2.75) is 6.73 Å². The van der Waals surface area contributed by atoms with Crippen molar-refractivity contribution in [3.63, 3.8) is 0 Å². The molecule has 2 rings (SSSR count). The van der Waals surface area contributed by atoms with E-state index in [1.165, 1.54) is 4.68 Å². The predicted octanol–water partition coefficient (Wildman–Crippen LogP) is 1.29. The Bertz CT molecular complexity index is 555. The number of ether oxygens (including phenoxy) is 1. The van der Waals surface area contributed by atoms with Crippen molar-refractivity contribution in [2.75, 3.05) is 0 Å². The van der Waals surface area contributed by atoms with Gasteiger partial charge in [-0.1, -0.05) is 22.0 Å². The van der Waals surface area contributed by atoms with Gasteiger partial charge in [0.1, 0.15) is 5.75 Å². The first-order valence-corrected chi connectivity index (χ1v) is 5.91. The third-order valence-electron chi connectivity index (χ3n) is 2.16. The number of amides is 1. The molecular weight excluding hydrogens is 300 g/mol. The minimum Gasteiger partial charge on any atom is -0.471 e.